The van der Waals surface area contributed by atoms with E-state index in [0.717, 1.165) is 32.1 Å². The average molecular weight is 1080 g/mol. The van der Waals surface area contributed by atoms with Crippen molar-refractivity contribution in [2.75, 3.05) is 237 Å². The van der Waals surface area contributed by atoms with Gasteiger partial charge in [0.15, 0.2) is 0 Å². The van der Waals surface area contributed by atoms with E-state index in [-0.39, 0.29) is 51.3 Å². The normalized spacial score (nSPS) is 17.3. The van der Waals surface area contributed by atoms with E-state index in [9.17, 15) is 39.3 Å². The number of hydrogen-bond donors (Lipinski definition) is 5. The smallest absolute Gasteiger partial charge is 0.407 e. The van der Waals surface area contributed by atoms with E-state index in [1.54, 1.807) is 14.7 Å². The summed E-state index contributed by atoms with van der Waals surface area (Å²) in [5.74, 6) is -3.30. The number of alkyl carbamates (subject to hydrolysis) is 1. The van der Waals surface area contributed by atoms with Crippen molar-refractivity contribution in [3.8, 4) is 0 Å². The number of carboxylic acids is 3. The van der Waals surface area contributed by atoms with Crippen LogP contribution in [0.4, 0.5) is 4.79 Å². The summed E-state index contributed by atoms with van der Waals surface area (Å²) in [7, 11) is 0. The predicted octanol–water partition coefficient (Wildman–Crippen LogP) is -0.624. The number of ether oxygens (including phenoxy) is 12. The van der Waals surface area contributed by atoms with Crippen LogP contribution in [0.1, 0.15) is 32.1 Å². The molecule has 0 radical (unpaired) electrons. The molecule has 26 heteroatoms. The fourth-order valence-corrected chi connectivity index (χ4v) is 7.27. The summed E-state index contributed by atoms with van der Waals surface area (Å²) in [6.45, 7) is 11.8. The van der Waals surface area contributed by atoms with Crippen LogP contribution < -0.4 is 10.6 Å². The molecule has 2 amide bonds. The Morgan fingerprint density at radius 1 is 0.373 bits per heavy atom. The summed E-state index contributed by atoms with van der Waals surface area (Å²) in [6, 6.07) is 0. The highest BCUT2D eigenvalue weighted by Crippen LogP contribution is 2.15. The summed E-state index contributed by atoms with van der Waals surface area (Å²) in [4.78, 5) is 66.1. The summed E-state index contributed by atoms with van der Waals surface area (Å²) < 4.78 is 66.1. The maximum absolute atomic E-state index is 12.8. The maximum Gasteiger partial charge on any atom is 0.407 e. The Hall–Kier alpha value is -3.71. The average Bonchev–Trinajstić information content (AvgIpc) is 3.36. The lowest BCUT2D eigenvalue weighted by atomic mass is 10.0. The number of amides is 2. The lowest BCUT2D eigenvalue weighted by Gasteiger charge is -2.32. The van der Waals surface area contributed by atoms with E-state index in [4.69, 9.17) is 56.8 Å². The van der Waals surface area contributed by atoms with Crippen molar-refractivity contribution in [1.29, 1.82) is 0 Å². The van der Waals surface area contributed by atoms with Gasteiger partial charge in [0, 0.05) is 65.4 Å². The lowest BCUT2D eigenvalue weighted by molar-refractivity contribution is -0.140. The Balaban J connectivity index is 1.29. The van der Waals surface area contributed by atoms with E-state index in [0.29, 0.717) is 198 Å². The van der Waals surface area contributed by atoms with Gasteiger partial charge < -0.3 is 82.8 Å². The second-order valence-electron chi connectivity index (χ2n) is 17.3. The van der Waals surface area contributed by atoms with E-state index in [1.807, 2.05) is 4.90 Å². The molecule has 2 rings (SSSR count). The van der Waals surface area contributed by atoms with Crippen molar-refractivity contribution in [2.24, 2.45) is 0 Å². The molecule has 0 spiro atoms. The summed E-state index contributed by atoms with van der Waals surface area (Å²) in [5, 5.41) is 33.7. The van der Waals surface area contributed by atoms with Crippen molar-refractivity contribution < 1.29 is 96.1 Å². The third-order valence-electron chi connectivity index (χ3n) is 11.2. The number of carbonyl (C=O) groups is 5. The van der Waals surface area contributed by atoms with Crippen LogP contribution in [0.2, 0.25) is 0 Å². The van der Waals surface area contributed by atoms with Gasteiger partial charge in [-0.1, -0.05) is 12.2 Å². The minimum absolute atomic E-state index is 0.0246. The highest BCUT2D eigenvalue weighted by molar-refractivity contribution is 5.78. The largest absolute Gasteiger partial charge is 0.480 e. The number of hydrogen-bond acceptors (Lipinski definition) is 21. The molecule has 1 aliphatic heterocycles. The molecule has 1 saturated heterocycles. The summed E-state index contributed by atoms with van der Waals surface area (Å²) in [5.41, 5.74) is 0. The van der Waals surface area contributed by atoms with Crippen LogP contribution in [-0.2, 0) is 76.0 Å². The van der Waals surface area contributed by atoms with Gasteiger partial charge in [0.25, 0.3) is 0 Å². The van der Waals surface area contributed by atoms with Crippen molar-refractivity contribution in [2.45, 2.75) is 38.2 Å². The van der Waals surface area contributed by atoms with Gasteiger partial charge in [-0.15, -0.1) is 0 Å². The maximum atomic E-state index is 12.8. The zero-order valence-corrected chi connectivity index (χ0v) is 44.3. The summed E-state index contributed by atoms with van der Waals surface area (Å²) in [6.07, 6.45) is 8.69. The van der Waals surface area contributed by atoms with Gasteiger partial charge in [-0.25, -0.2) is 4.79 Å². The third kappa shape index (κ3) is 44.0. The van der Waals surface area contributed by atoms with Crippen LogP contribution >= 0.6 is 0 Å². The molecule has 1 fully saturated rings. The van der Waals surface area contributed by atoms with E-state index >= 15 is 0 Å². The number of rotatable bonds is 45. The van der Waals surface area contributed by atoms with Gasteiger partial charge in [0.1, 0.15) is 6.10 Å². The first-order valence-corrected chi connectivity index (χ1v) is 26.4. The van der Waals surface area contributed by atoms with Crippen LogP contribution in [0.25, 0.3) is 0 Å². The van der Waals surface area contributed by atoms with E-state index < -0.39 is 24.0 Å². The third-order valence-corrected chi connectivity index (χ3v) is 11.2. The molecular weight excluding hydrogens is 993 g/mol. The molecule has 0 bridgehead atoms. The Kier molecular flexibility index (Phi) is 43.7. The number of carbonyl (C=O) groups excluding carboxylic acids is 2. The standard InChI is InChI=1S/C49H90N6O20/c56-45(40-52-10-12-53(41-46(57)58)14-16-55(43-48(61)62)17-15-54(13-11-52)42-47(59)60)50-8-18-64-20-22-66-24-26-68-28-30-70-32-34-72-36-38-74-39-37-73-35-33-71-31-29-69-27-25-67-23-21-65-19-9-51-49(63)75-44-6-4-2-1-3-5-7-44/h1-2,44H,3-43H2,(H,50,56)(H,51,63)(H,57,58)(H,59,60)(H,61,62)/b2-1-. The molecule has 75 heavy (non-hydrogen) atoms. The second kappa shape index (κ2) is 48.6. The summed E-state index contributed by atoms with van der Waals surface area (Å²) >= 11 is 0. The predicted molar refractivity (Wildman–Crippen MR) is 271 cm³/mol. The number of nitrogens with one attached hydrogen (secondary N) is 2. The van der Waals surface area contributed by atoms with Crippen molar-refractivity contribution in [3.63, 3.8) is 0 Å². The van der Waals surface area contributed by atoms with Crippen LogP contribution in [0, 0.1) is 0 Å². The van der Waals surface area contributed by atoms with Crippen LogP contribution in [0.3, 0.4) is 0 Å². The molecule has 26 nitrogen and oxygen atoms in total. The van der Waals surface area contributed by atoms with E-state index in [1.165, 1.54) is 0 Å². The van der Waals surface area contributed by atoms with Crippen LogP contribution in [0.15, 0.2) is 12.2 Å². The van der Waals surface area contributed by atoms with Gasteiger partial charge in [-0.2, -0.15) is 0 Å². The zero-order chi connectivity index (χ0) is 54.1. The Morgan fingerprint density at radius 3 is 0.973 bits per heavy atom. The molecule has 436 valence electrons. The number of aliphatic carboxylic acids is 3. The van der Waals surface area contributed by atoms with E-state index in [2.05, 4.69) is 22.8 Å². The second-order valence-corrected chi connectivity index (χ2v) is 17.3. The van der Waals surface area contributed by atoms with Gasteiger partial charge in [0.2, 0.25) is 5.91 Å². The highest BCUT2D eigenvalue weighted by Gasteiger charge is 2.21. The Labute approximate surface area is 442 Å². The quantitative estimate of drug-likeness (QED) is 0.0375. The SMILES string of the molecule is O=C(O)CN1CCN(CC(=O)O)CCN(CC(=O)NCCOCCOCCOCCOCCOCCOCCOCCOCCOCCOCCOCCNC(=O)OC2CC/C=C\CCC2)CCN(CC(=O)O)CC1. The van der Waals surface area contributed by atoms with Crippen molar-refractivity contribution in [3.05, 3.63) is 12.2 Å². The first-order chi connectivity index (χ1) is 36.6. The molecule has 1 aliphatic carbocycles. The van der Waals surface area contributed by atoms with Gasteiger partial charge in [-0.3, -0.25) is 38.8 Å². The van der Waals surface area contributed by atoms with Crippen molar-refractivity contribution >= 4 is 29.9 Å². The Bertz CT molecular complexity index is 1440. The topological polar surface area (TPSA) is 294 Å². The minimum Gasteiger partial charge on any atom is -0.480 e. The number of nitrogens with zero attached hydrogens (tertiary/aromatic N) is 4. The highest BCUT2D eigenvalue weighted by atomic mass is 16.6. The fourth-order valence-electron chi connectivity index (χ4n) is 7.27. The Morgan fingerprint density at radius 2 is 0.653 bits per heavy atom. The number of carboxylic acid groups (broad SMARTS) is 3. The molecule has 1 unspecified atom stereocenters. The first-order valence-electron chi connectivity index (χ1n) is 26.4. The monoisotopic (exact) mass is 1080 g/mol. The van der Waals surface area contributed by atoms with Crippen LogP contribution in [-0.4, -0.2) is 308 Å². The molecule has 0 aromatic heterocycles. The van der Waals surface area contributed by atoms with Gasteiger partial charge in [-0.05, 0) is 32.1 Å². The van der Waals surface area contributed by atoms with Crippen molar-refractivity contribution in [1.82, 2.24) is 30.2 Å². The molecule has 2 aliphatic rings. The molecule has 0 aromatic rings. The molecule has 5 N–H and O–H groups in total. The molecule has 1 atom stereocenters. The van der Waals surface area contributed by atoms with Crippen LogP contribution in [0.5, 0.6) is 0 Å². The van der Waals surface area contributed by atoms with Gasteiger partial charge in [0.05, 0.1) is 172 Å². The van der Waals surface area contributed by atoms with Gasteiger partial charge >= 0.3 is 24.0 Å². The lowest BCUT2D eigenvalue weighted by Crippen LogP contribution is -2.50. The molecule has 1 heterocycles. The molecule has 0 aromatic carbocycles. The fraction of sp³-hybridized carbons (Fsp3) is 0.857. The zero-order valence-electron chi connectivity index (χ0n) is 44.3. The molecule has 0 saturated carbocycles. The molecular formula is C49H90N6O20. The first kappa shape index (κ1) is 67.4. The minimum atomic E-state index is -1.02. The number of allylic oxidation sites excluding steroid dienone is 2.